The van der Waals surface area contributed by atoms with E-state index in [1.807, 2.05) is 0 Å². The molecule has 0 heterocycles. The van der Waals surface area contributed by atoms with E-state index < -0.39 is 0 Å². The highest BCUT2D eigenvalue weighted by Crippen LogP contribution is 2.37. The monoisotopic (exact) mass is 238 g/mol. The zero-order valence-electron chi connectivity index (χ0n) is 11.8. The van der Waals surface area contributed by atoms with Gasteiger partial charge in [0, 0.05) is 18.1 Å². The Bertz CT molecular complexity index is 241. The second-order valence-corrected chi connectivity index (χ2v) is 7.10. The zero-order chi connectivity index (χ0) is 12.5. The van der Waals surface area contributed by atoms with Crippen LogP contribution in [0.4, 0.5) is 0 Å². The van der Waals surface area contributed by atoms with Crippen molar-refractivity contribution in [3.63, 3.8) is 0 Å². The van der Waals surface area contributed by atoms with Crippen LogP contribution in [0.5, 0.6) is 0 Å². The van der Waals surface area contributed by atoms with Gasteiger partial charge in [-0.15, -0.1) is 0 Å². The summed E-state index contributed by atoms with van der Waals surface area (Å²) in [7, 11) is 0. The molecule has 0 spiro atoms. The Balaban J connectivity index is 1.98. The van der Waals surface area contributed by atoms with Gasteiger partial charge in [0.2, 0.25) is 0 Å². The molecule has 100 valence electrons. The first-order valence-electron chi connectivity index (χ1n) is 7.51. The fourth-order valence-electron chi connectivity index (χ4n) is 4.39. The average Bonchev–Trinajstić information content (AvgIpc) is 2.62. The molecule has 0 aliphatic heterocycles. The highest BCUT2D eigenvalue weighted by atomic mass is 15.0. The van der Waals surface area contributed by atoms with Crippen LogP contribution >= 0.6 is 0 Å². The molecule has 2 aliphatic rings. The number of rotatable bonds is 3. The fraction of sp³-hybridized carbons (Fsp3) is 1.00. The summed E-state index contributed by atoms with van der Waals surface area (Å²) in [6.07, 6.45) is 8.03. The third kappa shape index (κ3) is 3.23. The smallest absolute Gasteiger partial charge is 0.0311 e. The summed E-state index contributed by atoms with van der Waals surface area (Å²) in [6, 6.07) is 0.728. The predicted octanol–water partition coefficient (Wildman–Crippen LogP) is 2.92. The van der Waals surface area contributed by atoms with Gasteiger partial charge in [-0.3, -0.25) is 0 Å². The number of hydrogen-bond acceptors (Lipinski definition) is 2. The summed E-state index contributed by atoms with van der Waals surface area (Å²) in [6.45, 7) is 7.97. The molecule has 2 rings (SSSR count). The Labute approximate surface area is 107 Å². The molecule has 0 amide bonds. The lowest BCUT2D eigenvalue weighted by molar-refractivity contribution is 0.136. The van der Waals surface area contributed by atoms with Crippen LogP contribution in [0, 0.1) is 17.8 Å². The Morgan fingerprint density at radius 3 is 2.12 bits per heavy atom. The van der Waals surface area contributed by atoms with Gasteiger partial charge >= 0.3 is 0 Å². The molecule has 0 bridgehead atoms. The lowest BCUT2D eigenvalue weighted by Crippen LogP contribution is -2.58. The maximum Gasteiger partial charge on any atom is 0.0311 e. The van der Waals surface area contributed by atoms with E-state index in [0.717, 1.165) is 30.3 Å². The van der Waals surface area contributed by atoms with Gasteiger partial charge in [0.05, 0.1) is 0 Å². The summed E-state index contributed by atoms with van der Waals surface area (Å²) < 4.78 is 0. The van der Waals surface area contributed by atoms with Crippen LogP contribution in [0.25, 0.3) is 0 Å². The van der Waals surface area contributed by atoms with Gasteiger partial charge in [0.15, 0.2) is 0 Å². The first-order chi connectivity index (χ1) is 8.03. The molecule has 2 aliphatic carbocycles. The first-order valence-corrected chi connectivity index (χ1v) is 7.51. The van der Waals surface area contributed by atoms with Crippen LogP contribution in [0.15, 0.2) is 0 Å². The van der Waals surface area contributed by atoms with E-state index in [1.54, 1.807) is 0 Å². The molecule has 4 atom stereocenters. The van der Waals surface area contributed by atoms with Gasteiger partial charge < -0.3 is 11.1 Å². The van der Waals surface area contributed by atoms with Crippen molar-refractivity contribution >= 4 is 0 Å². The molecule has 2 nitrogen and oxygen atoms in total. The molecule has 4 unspecified atom stereocenters. The van der Waals surface area contributed by atoms with Gasteiger partial charge in [0.1, 0.15) is 0 Å². The average molecular weight is 238 g/mol. The Hall–Kier alpha value is -0.0800. The van der Waals surface area contributed by atoms with Crippen molar-refractivity contribution in [2.45, 2.75) is 70.9 Å². The molecular weight excluding hydrogens is 208 g/mol. The maximum absolute atomic E-state index is 6.11. The summed E-state index contributed by atoms with van der Waals surface area (Å²) in [5, 5.41) is 3.95. The fourth-order valence-corrected chi connectivity index (χ4v) is 4.39. The predicted molar refractivity (Wildman–Crippen MR) is 73.9 cm³/mol. The molecule has 3 N–H and O–H groups in total. The number of nitrogens with one attached hydrogen (secondary N) is 1. The van der Waals surface area contributed by atoms with Crippen LogP contribution in [0.1, 0.15) is 59.3 Å². The molecule has 2 heteroatoms. The van der Waals surface area contributed by atoms with E-state index in [0.29, 0.717) is 0 Å². The molecule has 2 fully saturated rings. The van der Waals surface area contributed by atoms with Gasteiger partial charge in [-0.05, 0) is 56.3 Å². The summed E-state index contributed by atoms with van der Waals surface area (Å²) in [4.78, 5) is 0. The van der Waals surface area contributed by atoms with Crippen LogP contribution < -0.4 is 11.1 Å². The summed E-state index contributed by atoms with van der Waals surface area (Å²) in [5.41, 5.74) is 6.35. The van der Waals surface area contributed by atoms with Crippen molar-refractivity contribution in [1.29, 1.82) is 0 Å². The van der Waals surface area contributed by atoms with Gasteiger partial charge in [-0.1, -0.05) is 20.8 Å². The van der Waals surface area contributed by atoms with Crippen LogP contribution in [-0.4, -0.2) is 18.1 Å². The van der Waals surface area contributed by atoms with Gasteiger partial charge in [-0.25, -0.2) is 0 Å². The largest absolute Gasteiger partial charge is 0.329 e. The lowest BCUT2D eigenvalue weighted by atomic mass is 9.71. The van der Waals surface area contributed by atoms with E-state index in [2.05, 4.69) is 26.1 Å². The van der Waals surface area contributed by atoms with E-state index >= 15 is 0 Å². The Morgan fingerprint density at radius 2 is 1.65 bits per heavy atom. The molecule has 0 radical (unpaired) electrons. The van der Waals surface area contributed by atoms with Gasteiger partial charge in [0.25, 0.3) is 0 Å². The van der Waals surface area contributed by atoms with Crippen molar-refractivity contribution in [1.82, 2.24) is 5.32 Å². The normalized spacial score (nSPS) is 47.3. The topological polar surface area (TPSA) is 38.0 Å². The zero-order valence-corrected chi connectivity index (χ0v) is 11.8. The highest BCUT2D eigenvalue weighted by Gasteiger charge is 2.39. The van der Waals surface area contributed by atoms with E-state index in [-0.39, 0.29) is 5.54 Å². The highest BCUT2D eigenvalue weighted by molar-refractivity contribution is 4.98. The molecule has 0 aromatic heterocycles. The maximum atomic E-state index is 6.11. The Morgan fingerprint density at radius 1 is 1.00 bits per heavy atom. The molecule has 0 aromatic carbocycles. The first kappa shape index (κ1) is 13.4. The van der Waals surface area contributed by atoms with Gasteiger partial charge in [-0.2, -0.15) is 0 Å². The van der Waals surface area contributed by atoms with Crippen LogP contribution in [0.3, 0.4) is 0 Å². The van der Waals surface area contributed by atoms with E-state index in [9.17, 15) is 0 Å². The number of nitrogens with two attached hydrogens (primary N) is 1. The second-order valence-electron chi connectivity index (χ2n) is 7.10. The summed E-state index contributed by atoms with van der Waals surface area (Å²) in [5.74, 6) is 2.56. The molecule has 17 heavy (non-hydrogen) atoms. The molecular formula is C15H30N2. The van der Waals surface area contributed by atoms with Crippen molar-refractivity contribution in [2.75, 3.05) is 6.54 Å². The summed E-state index contributed by atoms with van der Waals surface area (Å²) >= 11 is 0. The standard InChI is InChI=1S/C15H30N2/c1-11-4-5-14(7-11)17-15(10-16)8-12(2)6-13(3)9-15/h11-14,17H,4-10,16H2,1-3H3. The van der Waals surface area contributed by atoms with E-state index in [4.69, 9.17) is 5.73 Å². The van der Waals surface area contributed by atoms with E-state index in [1.165, 1.54) is 38.5 Å². The van der Waals surface area contributed by atoms with Crippen molar-refractivity contribution < 1.29 is 0 Å². The lowest BCUT2D eigenvalue weighted by Gasteiger charge is -2.44. The minimum absolute atomic E-state index is 0.242. The number of hydrogen-bond donors (Lipinski definition) is 2. The minimum atomic E-state index is 0.242. The Kier molecular flexibility index (Phi) is 4.14. The quantitative estimate of drug-likeness (QED) is 0.793. The van der Waals surface area contributed by atoms with Crippen molar-refractivity contribution in [3.05, 3.63) is 0 Å². The third-order valence-electron chi connectivity index (χ3n) is 4.88. The van der Waals surface area contributed by atoms with Crippen LogP contribution in [-0.2, 0) is 0 Å². The molecule has 0 aromatic rings. The van der Waals surface area contributed by atoms with Crippen molar-refractivity contribution in [2.24, 2.45) is 23.5 Å². The van der Waals surface area contributed by atoms with Crippen molar-refractivity contribution in [3.8, 4) is 0 Å². The van der Waals surface area contributed by atoms with Crippen LogP contribution in [0.2, 0.25) is 0 Å². The SMILES string of the molecule is CC1CCC(NC2(CN)CC(C)CC(C)C2)C1. The minimum Gasteiger partial charge on any atom is -0.329 e. The third-order valence-corrected chi connectivity index (χ3v) is 4.88. The molecule has 2 saturated carbocycles. The second kappa shape index (κ2) is 5.27. The molecule has 0 saturated heterocycles.